The minimum atomic E-state index is -0.687. The van der Waals surface area contributed by atoms with Gasteiger partial charge in [-0.1, -0.05) is 13.0 Å². The first-order chi connectivity index (χ1) is 8.81. The summed E-state index contributed by atoms with van der Waals surface area (Å²) >= 11 is 0. The fraction of sp³-hybridized carbons (Fsp3) is 0.429. The molecule has 0 radical (unpaired) electrons. The summed E-state index contributed by atoms with van der Waals surface area (Å²) < 4.78 is 11.1. The highest BCUT2D eigenvalue weighted by atomic mass is 16.6. The van der Waals surface area contributed by atoms with E-state index in [0.29, 0.717) is 10.9 Å². The summed E-state index contributed by atoms with van der Waals surface area (Å²) in [4.78, 5) is 23.7. The number of rotatable bonds is 1. The molecule has 5 heteroatoms. The van der Waals surface area contributed by atoms with E-state index in [1.807, 2.05) is 13.0 Å². The third-order valence-electron chi connectivity index (χ3n) is 2.64. The van der Waals surface area contributed by atoms with Crippen LogP contribution in [-0.4, -0.2) is 16.4 Å². The monoisotopic (exact) mass is 263 g/mol. The molecule has 19 heavy (non-hydrogen) atoms. The molecule has 0 N–H and O–H groups in total. The summed E-state index contributed by atoms with van der Waals surface area (Å²) in [5, 5.41) is 0.378. The first-order valence-corrected chi connectivity index (χ1v) is 6.20. The molecule has 0 unspecified atom stereocenters. The van der Waals surface area contributed by atoms with E-state index < -0.39 is 17.3 Å². The zero-order chi connectivity index (χ0) is 14.2. The smallest absolute Gasteiger partial charge is 0.441 e. The SMILES string of the molecule is CCc1ccc2c(=O)on(C(=O)OC(C)(C)C)c2c1. The number of benzene rings is 1. The van der Waals surface area contributed by atoms with Gasteiger partial charge in [0.2, 0.25) is 0 Å². The number of hydrogen-bond donors (Lipinski definition) is 0. The lowest BCUT2D eigenvalue weighted by Gasteiger charge is -2.18. The zero-order valence-electron chi connectivity index (χ0n) is 11.5. The van der Waals surface area contributed by atoms with Crippen molar-refractivity contribution in [3.05, 3.63) is 34.2 Å². The molecule has 2 aromatic rings. The normalized spacial score (nSPS) is 11.8. The average Bonchev–Trinajstić information content (AvgIpc) is 2.64. The van der Waals surface area contributed by atoms with E-state index in [-0.39, 0.29) is 0 Å². The van der Waals surface area contributed by atoms with Crippen molar-refractivity contribution in [2.45, 2.75) is 39.7 Å². The molecule has 1 heterocycles. The lowest BCUT2D eigenvalue weighted by molar-refractivity contribution is 0.0391. The van der Waals surface area contributed by atoms with E-state index in [4.69, 9.17) is 9.26 Å². The van der Waals surface area contributed by atoms with E-state index in [9.17, 15) is 9.59 Å². The second kappa shape index (κ2) is 4.57. The zero-order valence-corrected chi connectivity index (χ0v) is 11.5. The molecule has 0 aliphatic heterocycles. The van der Waals surface area contributed by atoms with Crippen molar-refractivity contribution in [1.82, 2.24) is 4.74 Å². The van der Waals surface area contributed by atoms with Crippen LogP contribution in [0.4, 0.5) is 4.79 Å². The van der Waals surface area contributed by atoms with Crippen LogP contribution in [0.25, 0.3) is 10.9 Å². The minimum Gasteiger partial charge on any atom is -0.441 e. The predicted molar refractivity (Wildman–Crippen MR) is 71.5 cm³/mol. The van der Waals surface area contributed by atoms with Crippen LogP contribution in [0, 0.1) is 0 Å². The van der Waals surface area contributed by atoms with Crippen molar-refractivity contribution in [3.63, 3.8) is 0 Å². The quantitative estimate of drug-likeness (QED) is 0.793. The maximum Gasteiger partial charge on any atom is 0.448 e. The van der Waals surface area contributed by atoms with Gasteiger partial charge in [0.1, 0.15) is 11.1 Å². The van der Waals surface area contributed by atoms with Crippen molar-refractivity contribution in [2.75, 3.05) is 0 Å². The Labute approximate surface area is 110 Å². The fourth-order valence-corrected chi connectivity index (χ4v) is 1.76. The number of carbonyl (C=O) groups is 1. The topological polar surface area (TPSA) is 61.4 Å². The van der Waals surface area contributed by atoms with E-state index in [0.717, 1.165) is 16.7 Å². The Balaban J connectivity index is 2.54. The van der Waals surface area contributed by atoms with Gasteiger partial charge in [0, 0.05) is 0 Å². The summed E-state index contributed by atoms with van der Waals surface area (Å²) in [6.07, 6.45) is 0.122. The van der Waals surface area contributed by atoms with Crippen LogP contribution in [0.2, 0.25) is 0 Å². The fourth-order valence-electron chi connectivity index (χ4n) is 1.76. The summed E-state index contributed by atoms with van der Waals surface area (Å²) in [5.74, 6) is 0. The van der Waals surface area contributed by atoms with Gasteiger partial charge in [-0.3, -0.25) is 0 Å². The van der Waals surface area contributed by atoms with E-state index in [1.54, 1.807) is 32.9 Å². The van der Waals surface area contributed by atoms with E-state index in [1.165, 1.54) is 0 Å². The molecular weight excluding hydrogens is 246 g/mol. The van der Waals surface area contributed by atoms with E-state index >= 15 is 0 Å². The molecule has 1 aromatic heterocycles. The van der Waals surface area contributed by atoms with Gasteiger partial charge < -0.3 is 9.26 Å². The number of hydrogen-bond acceptors (Lipinski definition) is 4. The van der Waals surface area contributed by atoms with Gasteiger partial charge >= 0.3 is 11.7 Å². The Kier molecular flexibility index (Phi) is 3.22. The van der Waals surface area contributed by atoms with Gasteiger partial charge in [0.25, 0.3) is 0 Å². The van der Waals surface area contributed by atoms with Gasteiger partial charge in [-0.25, -0.2) is 9.59 Å². The lowest BCUT2D eigenvalue weighted by atomic mass is 10.1. The Morgan fingerprint density at radius 3 is 2.63 bits per heavy atom. The number of aromatic nitrogens is 1. The van der Waals surface area contributed by atoms with Crippen LogP contribution in [0.1, 0.15) is 33.3 Å². The highest BCUT2D eigenvalue weighted by Crippen LogP contribution is 2.17. The van der Waals surface area contributed by atoms with Crippen molar-refractivity contribution < 1.29 is 14.1 Å². The second-order valence-corrected chi connectivity index (χ2v) is 5.36. The Hall–Kier alpha value is -2.04. The first kappa shape index (κ1) is 13.4. The highest BCUT2D eigenvalue weighted by Gasteiger charge is 2.22. The van der Waals surface area contributed by atoms with Crippen molar-refractivity contribution in [3.8, 4) is 0 Å². The lowest BCUT2D eigenvalue weighted by Crippen LogP contribution is -2.26. The molecule has 0 bridgehead atoms. The molecule has 5 nitrogen and oxygen atoms in total. The minimum absolute atomic E-state index is 0.378. The summed E-state index contributed by atoms with van der Waals surface area (Å²) in [5.41, 5.74) is 0.280. The molecule has 0 aliphatic rings. The van der Waals surface area contributed by atoms with E-state index in [2.05, 4.69) is 0 Å². The van der Waals surface area contributed by atoms with Crippen molar-refractivity contribution >= 4 is 17.0 Å². The predicted octanol–water partition coefficient (Wildman–Crippen LogP) is 2.94. The third-order valence-corrected chi connectivity index (χ3v) is 2.64. The van der Waals surface area contributed by atoms with Crippen LogP contribution in [0.3, 0.4) is 0 Å². The standard InChI is InChI=1S/C14H17NO4/c1-5-9-6-7-10-11(8-9)15(19-12(10)16)13(17)18-14(2,3)4/h6-8H,5H2,1-4H3. The maximum atomic E-state index is 12.0. The highest BCUT2D eigenvalue weighted by molar-refractivity contribution is 5.87. The van der Waals surface area contributed by atoms with Gasteiger partial charge in [0.05, 0.1) is 5.39 Å². The molecular formula is C14H17NO4. The van der Waals surface area contributed by atoms with Crippen LogP contribution < -0.4 is 5.63 Å². The van der Waals surface area contributed by atoms with Crippen molar-refractivity contribution in [2.24, 2.45) is 0 Å². The average molecular weight is 263 g/mol. The van der Waals surface area contributed by atoms with Crippen LogP contribution in [-0.2, 0) is 11.2 Å². The molecule has 2 rings (SSSR count). The molecule has 0 saturated heterocycles. The molecule has 0 aliphatic carbocycles. The van der Waals surface area contributed by atoms with Crippen molar-refractivity contribution in [1.29, 1.82) is 0 Å². The van der Waals surface area contributed by atoms with Gasteiger partial charge in [0.15, 0.2) is 0 Å². The Morgan fingerprint density at radius 1 is 1.37 bits per heavy atom. The van der Waals surface area contributed by atoms with Crippen LogP contribution >= 0.6 is 0 Å². The number of nitrogens with zero attached hydrogens (tertiary/aromatic N) is 1. The van der Waals surface area contributed by atoms with Crippen LogP contribution in [0.5, 0.6) is 0 Å². The van der Waals surface area contributed by atoms with Gasteiger partial charge in [-0.15, -0.1) is 4.74 Å². The number of ether oxygens (including phenoxy) is 1. The van der Waals surface area contributed by atoms with Gasteiger partial charge in [-0.2, -0.15) is 0 Å². The summed E-state index contributed by atoms with van der Waals surface area (Å²) in [7, 11) is 0. The first-order valence-electron chi connectivity index (χ1n) is 6.20. The number of carbonyl (C=O) groups excluding carboxylic acids is 1. The maximum absolute atomic E-state index is 12.0. The molecule has 0 atom stereocenters. The Morgan fingerprint density at radius 2 is 2.05 bits per heavy atom. The number of aryl methyl sites for hydroxylation is 1. The number of fused-ring (bicyclic) bond motifs is 1. The third kappa shape index (κ3) is 2.70. The molecule has 102 valence electrons. The largest absolute Gasteiger partial charge is 0.448 e. The summed E-state index contributed by atoms with van der Waals surface area (Å²) in [6, 6.07) is 5.28. The Bertz CT molecular complexity index is 673. The molecule has 0 fully saturated rings. The summed E-state index contributed by atoms with van der Waals surface area (Å²) in [6.45, 7) is 7.27. The second-order valence-electron chi connectivity index (χ2n) is 5.36. The molecule has 0 amide bonds. The van der Waals surface area contributed by atoms with Crippen LogP contribution in [0.15, 0.2) is 27.5 Å². The molecule has 0 saturated carbocycles. The molecule has 0 spiro atoms. The molecule has 1 aromatic carbocycles. The van der Waals surface area contributed by atoms with Gasteiger partial charge in [-0.05, 0) is 44.9 Å².